The molecule has 0 unspecified atom stereocenters. The van der Waals surface area contributed by atoms with Crippen LogP contribution in [0.25, 0.3) is 0 Å². The molecular formula is C19H26F3N3O4S. The van der Waals surface area contributed by atoms with Crippen LogP contribution in [0.15, 0.2) is 10.9 Å². The summed E-state index contributed by atoms with van der Waals surface area (Å²) < 4.78 is 38.2. The molecule has 0 bridgehead atoms. The molecule has 1 aliphatic carbocycles. The van der Waals surface area contributed by atoms with E-state index in [4.69, 9.17) is 14.6 Å². The van der Waals surface area contributed by atoms with E-state index in [-0.39, 0.29) is 17.6 Å². The summed E-state index contributed by atoms with van der Waals surface area (Å²) in [6.45, 7) is 2.87. The van der Waals surface area contributed by atoms with Gasteiger partial charge in [0.05, 0.1) is 17.2 Å². The number of alkyl halides is 3. The van der Waals surface area contributed by atoms with Crippen LogP contribution >= 0.6 is 11.3 Å². The van der Waals surface area contributed by atoms with Crippen LogP contribution in [0, 0.1) is 0 Å². The van der Waals surface area contributed by atoms with E-state index < -0.39 is 12.1 Å². The Morgan fingerprint density at radius 3 is 2.60 bits per heavy atom. The van der Waals surface area contributed by atoms with Crippen LogP contribution in [0.1, 0.15) is 55.4 Å². The van der Waals surface area contributed by atoms with Crippen molar-refractivity contribution in [3.05, 3.63) is 16.6 Å². The lowest BCUT2D eigenvalue weighted by molar-refractivity contribution is -0.192. The van der Waals surface area contributed by atoms with Gasteiger partial charge >= 0.3 is 12.1 Å². The van der Waals surface area contributed by atoms with Crippen molar-refractivity contribution in [2.75, 3.05) is 19.6 Å². The second-order valence-electron chi connectivity index (χ2n) is 8.01. The van der Waals surface area contributed by atoms with E-state index >= 15 is 0 Å². The molecule has 0 aromatic carbocycles. The van der Waals surface area contributed by atoms with Crippen molar-refractivity contribution in [1.29, 1.82) is 0 Å². The van der Waals surface area contributed by atoms with Gasteiger partial charge in [0.25, 0.3) is 5.91 Å². The summed E-state index contributed by atoms with van der Waals surface area (Å²) >= 11 is 1.45. The molecule has 3 heterocycles. The normalized spacial score (nSPS) is 27.2. The number of carbonyl (C=O) groups is 2. The van der Waals surface area contributed by atoms with E-state index in [1.807, 2.05) is 0 Å². The van der Waals surface area contributed by atoms with Gasteiger partial charge in [-0.2, -0.15) is 13.2 Å². The number of likely N-dealkylation sites (tertiary alicyclic amines) is 1. The molecule has 7 nitrogen and oxygen atoms in total. The second-order valence-corrected chi connectivity index (χ2v) is 8.73. The van der Waals surface area contributed by atoms with Crippen molar-refractivity contribution < 1.29 is 32.6 Å². The molecule has 30 heavy (non-hydrogen) atoms. The minimum atomic E-state index is -5.08. The zero-order valence-corrected chi connectivity index (χ0v) is 17.3. The van der Waals surface area contributed by atoms with Gasteiger partial charge in [0.1, 0.15) is 5.69 Å². The molecule has 1 aromatic rings. The molecule has 11 heteroatoms. The van der Waals surface area contributed by atoms with Crippen LogP contribution < -0.4 is 5.32 Å². The number of nitrogens with one attached hydrogen (secondary N) is 1. The van der Waals surface area contributed by atoms with E-state index in [9.17, 15) is 18.0 Å². The van der Waals surface area contributed by atoms with Crippen molar-refractivity contribution in [3.8, 4) is 0 Å². The van der Waals surface area contributed by atoms with E-state index in [1.54, 1.807) is 10.9 Å². The number of hydrogen-bond acceptors (Lipinski definition) is 6. The lowest BCUT2D eigenvalue weighted by atomic mass is 9.89. The van der Waals surface area contributed by atoms with Crippen molar-refractivity contribution in [1.82, 2.24) is 15.2 Å². The molecule has 1 amide bonds. The third-order valence-electron chi connectivity index (χ3n) is 5.91. The van der Waals surface area contributed by atoms with Crippen molar-refractivity contribution in [3.63, 3.8) is 0 Å². The molecule has 2 N–H and O–H groups in total. The van der Waals surface area contributed by atoms with Crippen LogP contribution in [-0.4, -0.2) is 70.4 Å². The molecule has 168 valence electrons. The molecule has 3 fully saturated rings. The number of hydrogen-bond donors (Lipinski definition) is 2. The molecule has 4 rings (SSSR count). The number of carbonyl (C=O) groups excluding carboxylic acids is 1. The maximum absolute atomic E-state index is 12.0. The van der Waals surface area contributed by atoms with Gasteiger partial charge in [-0.15, -0.1) is 11.3 Å². The third kappa shape index (κ3) is 5.92. The fourth-order valence-corrected chi connectivity index (χ4v) is 4.66. The van der Waals surface area contributed by atoms with E-state index in [0.29, 0.717) is 12.2 Å². The molecule has 1 spiro atoms. The van der Waals surface area contributed by atoms with Gasteiger partial charge in [-0.3, -0.25) is 9.69 Å². The van der Waals surface area contributed by atoms with Crippen LogP contribution in [0.5, 0.6) is 0 Å². The first kappa shape index (κ1) is 23.0. The number of rotatable bonds is 4. The number of amides is 1. The van der Waals surface area contributed by atoms with E-state index in [2.05, 4.69) is 15.2 Å². The fraction of sp³-hybridized carbons (Fsp3) is 0.737. The zero-order valence-electron chi connectivity index (χ0n) is 16.5. The Kier molecular flexibility index (Phi) is 7.35. The van der Waals surface area contributed by atoms with Gasteiger partial charge in [-0.25, -0.2) is 9.78 Å². The lowest BCUT2D eigenvalue weighted by Crippen LogP contribution is -2.48. The number of thiazole rings is 1. The van der Waals surface area contributed by atoms with Crippen LogP contribution in [-0.2, 0) is 9.53 Å². The quantitative estimate of drug-likeness (QED) is 0.734. The van der Waals surface area contributed by atoms with Crippen LogP contribution in [0.3, 0.4) is 0 Å². The standard InChI is InChI=1S/C17H25N3O2S.C2HF3O2/c21-16(15-10-23-12-19-15)18-9-14-5-2-6-17(22-14)7-8-20(11-17)13-3-1-4-13;3-2(4,5)1(6)7/h10,12-14H,1-9,11H2,(H,18,21);(H,6,7)/t14-,17+;/m0./s1. The van der Waals surface area contributed by atoms with Gasteiger partial charge < -0.3 is 15.2 Å². The summed E-state index contributed by atoms with van der Waals surface area (Å²) in [5.74, 6) is -2.84. The topological polar surface area (TPSA) is 91.8 Å². The highest BCUT2D eigenvalue weighted by molar-refractivity contribution is 7.07. The van der Waals surface area contributed by atoms with Gasteiger partial charge in [0, 0.05) is 31.1 Å². The number of nitrogens with zero attached hydrogens (tertiary/aromatic N) is 2. The summed E-state index contributed by atoms with van der Waals surface area (Å²) in [7, 11) is 0. The van der Waals surface area contributed by atoms with Gasteiger partial charge in [-0.05, 0) is 38.5 Å². The monoisotopic (exact) mass is 449 g/mol. The molecule has 1 saturated carbocycles. The largest absolute Gasteiger partial charge is 0.490 e. The molecule has 0 radical (unpaired) electrons. The van der Waals surface area contributed by atoms with Gasteiger partial charge in [0.2, 0.25) is 0 Å². The van der Waals surface area contributed by atoms with Gasteiger partial charge in [-0.1, -0.05) is 6.42 Å². The molecule has 2 aliphatic heterocycles. The Labute approximate surface area is 176 Å². The Hall–Kier alpha value is -1.72. The number of halogens is 3. The summed E-state index contributed by atoms with van der Waals surface area (Å²) in [6, 6.07) is 0.808. The number of aliphatic carboxylic acids is 1. The predicted octanol–water partition coefficient (Wildman–Crippen LogP) is 3.07. The number of ether oxygens (including phenoxy) is 1. The maximum Gasteiger partial charge on any atom is 0.490 e. The smallest absolute Gasteiger partial charge is 0.475 e. The average Bonchev–Trinajstić information content (AvgIpc) is 3.29. The molecule has 3 aliphatic rings. The van der Waals surface area contributed by atoms with E-state index in [0.717, 1.165) is 25.4 Å². The third-order valence-corrected chi connectivity index (χ3v) is 6.50. The first-order valence-electron chi connectivity index (χ1n) is 10.1. The Morgan fingerprint density at radius 2 is 2.03 bits per heavy atom. The minimum Gasteiger partial charge on any atom is -0.475 e. The van der Waals surface area contributed by atoms with Crippen molar-refractivity contribution in [2.24, 2.45) is 0 Å². The summed E-state index contributed by atoms with van der Waals surface area (Å²) in [5, 5.41) is 11.9. The van der Waals surface area contributed by atoms with Gasteiger partial charge in [0.15, 0.2) is 0 Å². The fourth-order valence-electron chi connectivity index (χ4n) is 4.13. The second kappa shape index (κ2) is 9.61. The molecular weight excluding hydrogens is 423 g/mol. The molecule has 2 saturated heterocycles. The predicted molar refractivity (Wildman–Crippen MR) is 103 cm³/mol. The highest BCUT2D eigenvalue weighted by Gasteiger charge is 2.45. The summed E-state index contributed by atoms with van der Waals surface area (Å²) in [4.78, 5) is 27.6. The zero-order chi connectivity index (χ0) is 21.8. The number of aromatic nitrogens is 1. The Bertz CT molecular complexity index is 727. The summed E-state index contributed by atoms with van der Waals surface area (Å²) in [6.07, 6.45) is 3.75. The molecule has 2 atom stereocenters. The van der Waals surface area contributed by atoms with Crippen molar-refractivity contribution >= 4 is 23.2 Å². The highest BCUT2D eigenvalue weighted by atomic mass is 32.1. The van der Waals surface area contributed by atoms with Crippen molar-refractivity contribution in [2.45, 2.75) is 68.9 Å². The minimum absolute atomic E-state index is 0.0455. The Morgan fingerprint density at radius 1 is 1.30 bits per heavy atom. The van der Waals surface area contributed by atoms with E-state index in [1.165, 1.54) is 50.0 Å². The maximum atomic E-state index is 12.0. The number of carboxylic acid groups (broad SMARTS) is 1. The van der Waals surface area contributed by atoms with Crippen LogP contribution in [0.4, 0.5) is 13.2 Å². The Balaban J connectivity index is 0.000000318. The summed E-state index contributed by atoms with van der Waals surface area (Å²) in [5.41, 5.74) is 2.25. The van der Waals surface area contributed by atoms with Crippen LogP contribution in [0.2, 0.25) is 0 Å². The molecule has 1 aromatic heterocycles. The highest BCUT2D eigenvalue weighted by Crippen LogP contribution is 2.39. The SMILES string of the molecule is O=C(NC[C@@H]1CCC[C@]2(CCN(C3CCC3)C2)O1)c1cscn1.O=C(O)C(F)(F)F. The number of carboxylic acids is 1. The first-order chi connectivity index (χ1) is 14.2. The average molecular weight is 449 g/mol. The lowest BCUT2D eigenvalue weighted by Gasteiger charge is -2.41. The first-order valence-corrected chi connectivity index (χ1v) is 11.0.